The van der Waals surface area contributed by atoms with E-state index in [4.69, 9.17) is 9.97 Å². The van der Waals surface area contributed by atoms with Crippen LogP contribution in [0.1, 0.15) is 19.8 Å². The molecule has 150 valence electrons. The van der Waals surface area contributed by atoms with E-state index in [1.807, 2.05) is 19.1 Å². The summed E-state index contributed by atoms with van der Waals surface area (Å²) in [6.45, 7) is 5.43. The molecule has 1 saturated heterocycles. The van der Waals surface area contributed by atoms with E-state index >= 15 is 0 Å². The van der Waals surface area contributed by atoms with Crippen molar-refractivity contribution in [2.24, 2.45) is 0 Å². The number of piperazine rings is 1. The highest BCUT2D eigenvalue weighted by Crippen LogP contribution is 2.29. The summed E-state index contributed by atoms with van der Waals surface area (Å²) in [7, 11) is 0. The van der Waals surface area contributed by atoms with Gasteiger partial charge in [0, 0.05) is 48.6 Å². The van der Waals surface area contributed by atoms with Gasteiger partial charge in [0.2, 0.25) is 5.91 Å². The van der Waals surface area contributed by atoms with Gasteiger partial charge < -0.3 is 10.2 Å². The Morgan fingerprint density at radius 1 is 1.14 bits per heavy atom. The van der Waals surface area contributed by atoms with Crippen LogP contribution < -0.4 is 10.2 Å². The smallest absolute Gasteiger partial charge is 0.237 e. The van der Waals surface area contributed by atoms with Gasteiger partial charge in [-0.05, 0) is 43.3 Å². The summed E-state index contributed by atoms with van der Waals surface area (Å²) in [4.78, 5) is 26.7. The molecule has 29 heavy (non-hydrogen) atoms. The summed E-state index contributed by atoms with van der Waals surface area (Å²) in [5.74, 6) is 1.93. The van der Waals surface area contributed by atoms with Gasteiger partial charge in [0.25, 0.3) is 0 Å². The summed E-state index contributed by atoms with van der Waals surface area (Å²) in [5.41, 5.74) is 2.03. The zero-order valence-corrected chi connectivity index (χ0v) is 17.4. The quantitative estimate of drug-likeness (QED) is 0.704. The van der Waals surface area contributed by atoms with Crippen molar-refractivity contribution < 1.29 is 4.79 Å². The van der Waals surface area contributed by atoms with Gasteiger partial charge in [-0.25, -0.2) is 9.97 Å². The molecule has 1 atom stereocenters. The molecule has 1 amide bonds. The molecule has 1 aliphatic carbocycles. The minimum Gasteiger partial charge on any atom is -0.353 e. The molecular weight excluding hydrogens is 382 g/mol. The fourth-order valence-corrected chi connectivity index (χ4v) is 4.49. The molecule has 3 aromatic rings. The predicted molar refractivity (Wildman–Crippen MR) is 117 cm³/mol. The van der Waals surface area contributed by atoms with E-state index in [9.17, 15) is 4.79 Å². The first-order valence-corrected chi connectivity index (χ1v) is 11.2. The first-order valence-electron chi connectivity index (χ1n) is 10.3. The lowest BCUT2D eigenvalue weighted by Gasteiger charge is -2.38. The second kappa shape index (κ2) is 7.72. The zero-order chi connectivity index (χ0) is 19.8. The average Bonchev–Trinajstić information content (AvgIpc) is 3.40. The van der Waals surface area contributed by atoms with E-state index in [1.54, 1.807) is 11.3 Å². The predicted octanol–water partition coefficient (Wildman–Crippen LogP) is 3.15. The van der Waals surface area contributed by atoms with E-state index < -0.39 is 0 Å². The summed E-state index contributed by atoms with van der Waals surface area (Å²) >= 11 is 1.66. The van der Waals surface area contributed by atoms with Gasteiger partial charge in [0.15, 0.2) is 5.82 Å². The molecule has 5 rings (SSSR count). The van der Waals surface area contributed by atoms with Crippen LogP contribution in [0.3, 0.4) is 0 Å². The zero-order valence-electron chi connectivity index (χ0n) is 16.5. The van der Waals surface area contributed by atoms with Gasteiger partial charge in [-0.3, -0.25) is 9.69 Å². The molecule has 1 saturated carbocycles. The summed E-state index contributed by atoms with van der Waals surface area (Å²) < 4.78 is 0. The molecule has 1 N–H and O–H groups in total. The Kier molecular flexibility index (Phi) is 4.93. The second-order valence-electron chi connectivity index (χ2n) is 7.88. The Bertz CT molecular complexity index is 1010. The van der Waals surface area contributed by atoms with Crippen LogP contribution in [0.25, 0.3) is 22.3 Å². The van der Waals surface area contributed by atoms with Crippen molar-refractivity contribution in [1.29, 1.82) is 0 Å². The molecule has 3 heterocycles. The first-order chi connectivity index (χ1) is 14.2. The van der Waals surface area contributed by atoms with E-state index in [-0.39, 0.29) is 11.9 Å². The maximum Gasteiger partial charge on any atom is 0.237 e. The number of nitrogens with zero attached hydrogens (tertiary/aromatic N) is 4. The molecule has 0 radical (unpaired) electrons. The van der Waals surface area contributed by atoms with Crippen LogP contribution in [-0.2, 0) is 4.79 Å². The number of rotatable bonds is 5. The summed E-state index contributed by atoms with van der Waals surface area (Å²) in [5, 5.41) is 8.36. The topological polar surface area (TPSA) is 61.4 Å². The molecule has 0 bridgehead atoms. The number of hydrogen-bond donors (Lipinski definition) is 1. The number of thiophene rings is 1. The number of carbonyl (C=O) groups excluding carboxylic acids is 1. The maximum atomic E-state index is 12.4. The highest BCUT2D eigenvalue weighted by Gasteiger charge is 2.30. The van der Waals surface area contributed by atoms with Crippen LogP contribution in [0.2, 0.25) is 0 Å². The van der Waals surface area contributed by atoms with E-state index in [1.165, 1.54) is 0 Å². The van der Waals surface area contributed by atoms with E-state index in [0.717, 1.165) is 67.1 Å². The monoisotopic (exact) mass is 407 g/mol. The number of nitrogens with one attached hydrogen (secondary N) is 1. The molecular formula is C22H25N5OS. The summed E-state index contributed by atoms with van der Waals surface area (Å²) in [6.07, 6.45) is 2.25. The SMILES string of the molecule is C[C@@H](C(=O)NC1CC1)N1CCN(c2nc(-c3ccsc3)nc3ccccc23)CC1. The van der Waals surface area contributed by atoms with Gasteiger partial charge >= 0.3 is 0 Å². The minimum atomic E-state index is -0.0822. The van der Waals surface area contributed by atoms with Crippen LogP contribution >= 0.6 is 11.3 Å². The lowest BCUT2D eigenvalue weighted by Crippen LogP contribution is -2.54. The van der Waals surface area contributed by atoms with Crippen LogP contribution in [-0.4, -0.2) is 59.0 Å². The van der Waals surface area contributed by atoms with Crippen LogP contribution in [0, 0.1) is 0 Å². The molecule has 2 fully saturated rings. The van der Waals surface area contributed by atoms with Crippen molar-refractivity contribution in [3.8, 4) is 11.4 Å². The number of amides is 1. The van der Waals surface area contributed by atoms with Crippen molar-refractivity contribution >= 4 is 34.0 Å². The third kappa shape index (κ3) is 3.84. The van der Waals surface area contributed by atoms with Gasteiger partial charge in [-0.1, -0.05) is 12.1 Å². The molecule has 1 aliphatic heterocycles. The fourth-order valence-electron chi connectivity index (χ4n) is 3.86. The number of carbonyl (C=O) groups is 1. The third-order valence-electron chi connectivity index (χ3n) is 5.83. The molecule has 0 spiro atoms. The lowest BCUT2D eigenvalue weighted by atomic mass is 10.1. The second-order valence-corrected chi connectivity index (χ2v) is 8.66. The number of benzene rings is 1. The van der Waals surface area contributed by atoms with Gasteiger partial charge in [0.1, 0.15) is 5.82 Å². The van der Waals surface area contributed by atoms with E-state index in [2.05, 4.69) is 44.1 Å². The van der Waals surface area contributed by atoms with E-state index in [0.29, 0.717) is 6.04 Å². The Hall–Kier alpha value is -2.51. The Morgan fingerprint density at radius 3 is 2.66 bits per heavy atom. The standard InChI is InChI=1S/C22H25N5OS/c1-15(22(28)23-17-6-7-17)26-9-11-27(12-10-26)21-18-4-2-3-5-19(18)24-20(25-21)16-8-13-29-14-16/h2-5,8,13-15,17H,6-7,9-12H2,1H3,(H,23,28)/t15-/m0/s1. The maximum absolute atomic E-state index is 12.4. The van der Waals surface area contributed by atoms with Crippen molar-refractivity contribution in [3.05, 3.63) is 41.1 Å². The average molecular weight is 408 g/mol. The highest BCUT2D eigenvalue weighted by molar-refractivity contribution is 7.08. The molecule has 7 heteroatoms. The Balaban J connectivity index is 1.36. The van der Waals surface area contributed by atoms with Crippen LogP contribution in [0.4, 0.5) is 5.82 Å². The number of fused-ring (bicyclic) bond motifs is 1. The first kappa shape index (κ1) is 18.5. The molecule has 6 nitrogen and oxygen atoms in total. The molecule has 1 aromatic carbocycles. The van der Waals surface area contributed by atoms with Gasteiger partial charge in [-0.2, -0.15) is 11.3 Å². The summed E-state index contributed by atoms with van der Waals surface area (Å²) in [6, 6.07) is 10.6. The fraction of sp³-hybridized carbons (Fsp3) is 0.409. The molecule has 0 unspecified atom stereocenters. The van der Waals surface area contributed by atoms with Crippen molar-refractivity contribution in [2.45, 2.75) is 31.8 Å². The number of hydrogen-bond acceptors (Lipinski definition) is 6. The third-order valence-corrected chi connectivity index (χ3v) is 6.51. The van der Waals surface area contributed by atoms with Gasteiger partial charge in [-0.15, -0.1) is 0 Å². The van der Waals surface area contributed by atoms with Crippen molar-refractivity contribution in [2.75, 3.05) is 31.1 Å². The van der Waals surface area contributed by atoms with Crippen LogP contribution in [0.5, 0.6) is 0 Å². The van der Waals surface area contributed by atoms with Crippen molar-refractivity contribution in [3.63, 3.8) is 0 Å². The Labute approximate surface area is 174 Å². The number of anilines is 1. The lowest BCUT2D eigenvalue weighted by molar-refractivity contribution is -0.126. The highest BCUT2D eigenvalue weighted by atomic mass is 32.1. The largest absolute Gasteiger partial charge is 0.353 e. The number of aromatic nitrogens is 2. The molecule has 2 aliphatic rings. The number of para-hydroxylation sites is 1. The Morgan fingerprint density at radius 2 is 1.93 bits per heavy atom. The van der Waals surface area contributed by atoms with Gasteiger partial charge in [0.05, 0.1) is 11.6 Å². The normalized spacial score (nSPS) is 18.7. The molecule has 2 aromatic heterocycles. The van der Waals surface area contributed by atoms with Crippen LogP contribution in [0.15, 0.2) is 41.1 Å². The van der Waals surface area contributed by atoms with Crippen molar-refractivity contribution in [1.82, 2.24) is 20.2 Å². The minimum absolute atomic E-state index is 0.0822.